The van der Waals surface area contributed by atoms with Crippen LogP contribution in [0.1, 0.15) is 62.9 Å². The first-order valence-corrected chi connectivity index (χ1v) is 9.69. The Labute approximate surface area is 167 Å². The van der Waals surface area contributed by atoms with E-state index in [-0.39, 0.29) is 12.0 Å². The molecule has 0 aliphatic heterocycles. The van der Waals surface area contributed by atoms with Crippen LogP contribution in [0.25, 0.3) is 0 Å². The van der Waals surface area contributed by atoms with Gasteiger partial charge in [-0.3, -0.25) is 4.79 Å². The van der Waals surface area contributed by atoms with Gasteiger partial charge in [-0.25, -0.2) is 4.79 Å². The van der Waals surface area contributed by atoms with E-state index in [9.17, 15) is 9.59 Å². The Morgan fingerprint density at radius 2 is 1.61 bits per heavy atom. The fourth-order valence-corrected chi connectivity index (χ4v) is 2.72. The normalized spacial score (nSPS) is 12.9. The van der Waals surface area contributed by atoms with Crippen molar-refractivity contribution in [3.8, 4) is 5.75 Å². The molecule has 0 aliphatic carbocycles. The predicted octanol–water partition coefficient (Wildman–Crippen LogP) is 5.17. The van der Waals surface area contributed by atoms with Crippen LogP contribution < -0.4 is 10.1 Å². The number of esters is 1. The van der Waals surface area contributed by atoms with Crippen LogP contribution in [0.2, 0.25) is 0 Å². The molecule has 0 saturated carbocycles. The Morgan fingerprint density at radius 3 is 2.21 bits per heavy atom. The third kappa shape index (κ3) is 5.84. The lowest BCUT2D eigenvalue weighted by Crippen LogP contribution is -2.30. The molecule has 0 radical (unpaired) electrons. The Morgan fingerprint density at radius 1 is 0.964 bits per heavy atom. The summed E-state index contributed by atoms with van der Waals surface area (Å²) in [6.45, 7) is 9.64. The second-order valence-corrected chi connectivity index (χ2v) is 7.12. The first-order chi connectivity index (χ1) is 13.3. The number of amides is 1. The van der Waals surface area contributed by atoms with Crippen molar-refractivity contribution in [2.24, 2.45) is 0 Å². The summed E-state index contributed by atoms with van der Waals surface area (Å²) in [7, 11) is 0. The van der Waals surface area contributed by atoms with Gasteiger partial charge < -0.3 is 14.8 Å². The fourth-order valence-electron chi connectivity index (χ4n) is 2.72. The molecule has 150 valence electrons. The van der Waals surface area contributed by atoms with Gasteiger partial charge in [0.25, 0.3) is 5.91 Å². The smallest absolute Gasteiger partial charge is 0.338 e. The lowest BCUT2D eigenvalue weighted by molar-refractivity contribution is -0.123. The molecule has 2 atom stereocenters. The van der Waals surface area contributed by atoms with Crippen molar-refractivity contribution in [3.05, 3.63) is 59.7 Å². The number of anilines is 1. The topological polar surface area (TPSA) is 64.6 Å². The average Bonchev–Trinajstić information content (AvgIpc) is 2.67. The van der Waals surface area contributed by atoms with Gasteiger partial charge in [-0.15, -0.1) is 0 Å². The van der Waals surface area contributed by atoms with Crippen molar-refractivity contribution in [2.45, 2.75) is 59.2 Å². The average molecular weight is 383 g/mol. The molecule has 28 heavy (non-hydrogen) atoms. The van der Waals surface area contributed by atoms with Crippen LogP contribution in [-0.4, -0.2) is 24.1 Å². The molecule has 2 aromatic carbocycles. The molecule has 0 saturated heterocycles. The minimum Gasteiger partial charge on any atom is -0.491 e. The van der Waals surface area contributed by atoms with E-state index in [1.165, 1.54) is 0 Å². The molecule has 0 unspecified atom stereocenters. The van der Waals surface area contributed by atoms with Crippen molar-refractivity contribution in [1.82, 2.24) is 0 Å². The molecule has 2 aromatic rings. The third-order valence-corrected chi connectivity index (χ3v) is 4.48. The number of para-hydroxylation sites is 1. The second kappa shape index (κ2) is 9.93. The summed E-state index contributed by atoms with van der Waals surface area (Å²) in [5, 5.41) is 2.88. The highest BCUT2D eigenvalue weighted by molar-refractivity contribution is 5.97. The van der Waals surface area contributed by atoms with Gasteiger partial charge in [0.15, 0.2) is 6.10 Å². The lowest BCUT2D eigenvalue weighted by atomic mass is 9.97. The maximum atomic E-state index is 12.5. The number of carbonyl (C=O) groups excluding carboxylic acids is 2. The van der Waals surface area contributed by atoms with E-state index in [1.807, 2.05) is 38.1 Å². The van der Waals surface area contributed by atoms with E-state index in [4.69, 9.17) is 9.47 Å². The number of ether oxygens (including phenoxy) is 2. The molecule has 0 spiro atoms. The van der Waals surface area contributed by atoms with E-state index in [0.29, 0.717) is 17.2 Å². The maximum Gasteiger partial charge on any atom is 0.338 e. The SMILES string of the molecule is CC[C@@H](C)c1ccccc1NC(=O)[C@H](C)OC(=O)c1ccc(OC(C)C)cc1. The van der Waals surface area contributed by atoms with Gasteiger partial charge in [-0.2, -0.15) is 0 Å². The Hall–Kier alpha value is -2.82. The van der Waals surface area contributed by atoms with E-state index in [0.717, 1.165) is 17.7 Å². The minimum atomic E-state index is -0.913. The van der Waals surface area contributed by atoms with E-state index < -0.39 is 12.1 Å². The van der Waals surface area contributed by atoms with Crippen LogP contribution in [0.5, 0.6) is 5.75 Å². The highest BCUT2D eigenvalue weighted by atomic mass is 16.5. The summed E-state index contributed by atoms with van der Waals surface area (Å²) in [5.74, 6) is 0.0951. The van der Waals surface area contributed by atoms with Crippen molar-refractivity contribution >= 4 is 17.6 Å². The molecular weight excluding hydrogens is 354 g/mol. The summed E-state index contributed by atoms with van der Waals surface area (Å²) in [4.78, 5) is 24.8. The zero-order chi connectivity index (χ0) is 20.7. The van der Waals surface area contributed by atoms with Gasteiger partial charge in [-0.1, -0.05) is 32.0 Å². The highest BCUT2D eigenvalue weighted by Crippen LogP contribution is 2.26. The number of hydrogen-bond acceptors (Lipinski definition) is 4. The van der Waals surface area contributed by atoms with Crippen molar-refractivity contribution in [1.29, 1.82) is 0 Å². The second-order valence-electron chi connectivity index (χ2n) is 7.12. The number of rotatable bonds is 8. The first kappa shape index (κ1) is 21.5. The van der Waals surface area contributed by atoms with Crippen LogP contribution in [0, 0.1) is 0 Å². The maximum absolute atomic E-state index is 12.5. The Kier molecular flexibility index (Phi) is 7.61. The molecule has 0 heterocycles. The lowest BCUT2D eigenvalue weighted by Gasteiger charge is -2.18. The summed E-state index contributed by atoms with van der Waals surface area (Å²) in [5.41, 5.74) is 2.19. The van der Waals surface area contributed by atoms with Crippen molar-refractivity contribution < 1.29 is 19.1 Å². The van der Waals surface area contributed by atoms with Crippen LogP contribution >= 0.6 is 0 Å². The summed E-state index contributed by atoms with van der Waals surface area (Å²) < 4.78 is 10.9. The highest BCUT2D eigenvalue weighted by Gasteiger charge is 2.20. The van der Waals surface area contributed by atoms with Gasteiger partial charge in [0, 0.05) is 5.69 Å². The van der Waals surface area contributed by atoms with Crippen molar-refractivity contribution in [3.63, 3.8) is 0 Å². The molecular formula is C23H29NO4. The van der Waals surface area contributed by atoms with Crippen molar-refractivity contribution in [2.75, 3.05) is 5.32 Å². The fraction of sp³-hybridized carbons (Fsp3) is 0.391. The summed E-state index contributed by atoms with van der Waals surface area (Å²) >= 11 is 0. The van der Waals surface area contributed by atoms with Crippen LogP contribution in [-0.2, 0) is 9.53 Å². The van der Waals surface area contributed by atoms with Gasteiger partial charge >= 0.3 is 5.97 Å². The van der Waals surface area contributed by atoms with E-state index in [1.54, 1.807) is 31.2 Å². The summed E-state index contributed by atoms with van der Waals surface area (Å²) in [6.07, 6.45) is 0.109. The molecule has 5 nitrogen and oxygen atoms in total. The zero-order valence-corrected chi connectivity index (χ0v) is 17.2. The van der Waals surface area contributed by atoms with E-state index in [2.05, 4.69) is 19.2 Å². The van der Waals surface area contributed by atoms with Crippen LogP contribution in [0.15, 0.2) is 48.5 Å². The van der Waals surface area contributed by atoms with E-state index >= 15 is 0 Å². The van der Waals surface area contributed by atoms with Gasteiger partial charge in [0.2, 0.25) is 0 Å². The molecule has 0 fully saturated rings. The van der Waals surface area contributed by atoms with Crippen LogP contribution in [0.3, 0.4) is 0 Å². The Balaban J connectivity index is 2.00. The largest absolute Gasteiger partial charge is 0.491 e. The zero-order valence-electron chi connectivity index (χ0n) is 17.2. The molecule has 1 amide bonds. The summed E-state index contributed by atoms with van der Waals surface area (Å²) in [6, 6.07) is 14.4. The first-order valence-electron chi connectivity index (χ1n) is 9.69. The van der Waals surface area contributed by atoms with Gasteiger partial charge in [0.1, 0.15) is 5.75 Å². The molecule has 1 N–H and O–H groups in total. The van der Waals surface area contributed by atoms with Crippen LogP contribution in [0.4, 0.5) is 5.69 Å². The third-order valence-electron chi connectivity index (χ3n) is 4.48. The minimum absolute atomic E-state index is 0.0554. The molecule has 0 aromatic heterocycles. The quantitative estimate of drug-likeness (QED) is 0.639. The predicted molar refractivity (Wildman–Crippen MR) is 111 cm³/mol. The number of carbonyl (C=O) groups is 2. The number of nitrogens with one attached hydrogen (secondary N) is 1. The molecule has 0 aliphatic rings. The van der Waals surface area contributed by atoms with Gasteiger partial charge in [-0.05, 0) is 69.0 Å². The Bertz CT molecular complexity index is 799. The number of benzene rings is 2. The standard InChI is InChI=1S/C23H29NO4/c1-6-16(4)20-9-7-8-10-21(20)24-22(25)17(5)28-23(26)18-11-13-19(14-12-18)27-15(2)3/h7-17H,6H2,1-5H3,(H,24,25)/t16-,17+/m1/s1. The van der Waals surface area contributed by atoms with Gasteiger partial charge in [0.05, 0.1) is 11.7 Å². The monoisotopic (exact) mass is 383 g/mol. The number of hydrogen-bond donors (Lipinski definition) is 1. The molecule has 0 bridgehead atoms. The molecule has 5 heteroatoms. The molecule has 2 rings (SSSR count).